The number of aromatic nitrogens is 4. The average molecular weight is 175 g/mol. The second-order valence-corrected chi connectivity index (χ2v) is 2.71. The predicted molar refractivity (Wildman–Crippen MR) is 48.6 cm³/mol. The largest absolute Gasteiger partial charge is 0.384 e. The Morgan fingerprint density at radius 3 is 2.92 bits per heavy atom. The van der Waals surface area contributed by atoms with Gasteiger partial charge < -0.3 is 5.73 Å². The van der Waals surface area contributed by atoms with Gasteiger partial charge in [0, 0.05) is 19.4 Å². The van der Waals surface area contributed by atoms with E-state index in [4.69, 9.17) is 5.73 Å². The van der Waals surface area contributed by atoms with Gasteiger partial charge in [-0.15, -0.1) is 0 Å². The molecule has 0 aromatic carbocycles. The number of nitrogens with two attached hydrogens (primary N) is 1. The number of aryl methyl sites for hydroxylation is 1. The maximum absolute atomic E-state index is 5.52. The minimum atomic E-state index is 0.467. The Morgan fingerprint density at radius 1 is 1.46 bits per heavy atom. The van der Waals surface area contributed by atoms with Crippen LogP contribution in [-0.4, -0.2) is 19.7 Å². The van der Waals surface area contributed by atoms with Crippen molar-refractivity contribution in [1.29, 1.82) is 0 Å². The summed E-state index contributed by atoms with van der Waals surface area (Å²) in [6.07, 6.45) is 5.17. The number of nitrogen functional groups attached to an aromatic ring is 1. The molecule has 0 saturated carbocycles. The topological polar surface area (TPSA) is 69.6 Å². The van der Waals surface area contributed by atoms with E-state index in [-0.39, 0.29) is 0 Å². The highest BCUT2D eigenvalue weighted by molar-refractivity contribution is 5.53. The van der Waals surface area contributed by atoms with Crippen molar-refractivity contribution < 1.29 is 0 Å². The normalized spacial score (nSPS) is 10.2. The maximum atomic E-state index is 5.52. The molecule has 0 radical (unpaired) electrons. The van der Waals surface area contributed by atoms with E-state index < -0.39 is 0 Å². The van der Waals surface area contributed by atoms with E-state index in [9.17, 15) is 0 Å². The highest BCUT2D eigenvalue weighted by Crippen LogP contribution is 2.12. The van der Waals surface area contributed by atoms with Gasteiger partial charge in [-0.1, -0.05) is 0 Å². The molecule has 0 aliphatic rings. The number of rotatable bonds is 1. The molecule has 2 aromatic heterocycles. The third kappa shape index (κ3) is 1.48. The molecule has 2 rings (SSSR count). The number of hydrogen-bond acceptors (Lipinski definition) is 4. The Balaban J connectivity index is 2.46. The van der Waals surface area contributed by atoms with Crippen LogP contribution in [0, 0.1) is 0 Å². The van der Waals surface area contributed by atoms with E-state index in [0.29, 0.717) is 11.6 Å². The monoisotopic (exact) mass is 175 g/mol. The Kier molecular flexibility index (Phi) is 1.70. The van der Waals surface area contributed by atoms with Gasteiger partial charge in [0.1, 0.15) is 5.82 Å². The minimum Gasteiger partial charge on any atom is -0.384 e. The highest BCUT2D eigenvalue weighted by Gasteiger charge is 2.02. The SMILES string of the molecule is Cn1cc(-c2nccc(N)n2)cn1. The molecular weight excluding hydrogens is 166 g/mol. The first-order chi connectivity index (χ1) is 6.25. The Hall–Kier alpha value is -1.91. The van der Waals surface area contributed by atoms with Crippen molar-refractivity contribution in [3.05, 3.63) is 24.7 Å². The first-order valence-electron chi connectivity index (χ1n) is 3.83. The van der Waals surface area contributed by atoms with Gasteiger partial charge in [0.15, 0.2) is 5.82 Å². The van der Waals surface area contributed by atoms with Gasteiger partial charge in [0.25, 0.3) is 0 Å². The Morgan fingerprint density at radius 2 is 2.31 bits per heavy atom. The molecule has 0 bridgehead atoms. The highest BCUT2D eigenvalue weighted by atomic mass is 15.2. The van der Waals surface area contributed by atoms with Crippen LogP contribution < -0.4 is 5.73 Å². The summed E-state index contributed by atoms with van der Waals surface area (Å²) in [6, 6.07) is 1.65. The second kappa shape index (κ2) is 2.85. The zero-order valence-corrected chi connectivity index (χ0v) is 7.18. The standard InChI is InChI=1S/C8H9N5/c1-13-5-6(4-11-13)8-10-3-2-7(9)12-8/h2-5H,1H3,(H2,9,10,12). The van der Waals surface area contributed by atoms with Gasteiger partial charge in [-0.2, -0.15) is 5.10 Å². The Bertz CT molecular complexity index is 420. The van der Waals surface area contributed by atoms with Gasteiger partial charge in [0.05, 0.1) is 11.8 Å². The van der Waals surface area contributed by atoms with Crippen LogP contribution in [-0.2, 0) is 7.05 Å². The lowest BCUT2D eigenvalue weighted by Crippen LogP contribution is -1.93. The molecule has 66 valence electrons. The van der Waals surface area contributed by atoms with Gasteiger partial charge >= 0.3 is 0 Å². The molecule has 0 fully saturated rings. The fourth-order valence-corrected chi connectivity index (χ4v) is 1.05. The molecule has 2 aromatic rings. The molecule has 0 saturated heterocycles. The van der Waals surface area contributed by atoms with Crippen molar-refractivity contribution in [2.24, 2.45) is 7.05 Å². The summed E-state index contributed by atoms with van der Waals surface area (Å²) in [5.41, 5.74) is 6.39. The molecule has 2 N–H and O–H groups in total. The van der Waals surface area contributed by atoms with Gasteiger partial charge in [-0.3, -0.25) is 4.68 Å². The van der Waals surface area contributed by atoms with Crippen molar-refractivity contribution in [1.82, 2.24) is 19.7 Å². The zero-order chi connectivity index (χ0) is 9.26. The van der Waals surface area contributed by atoms with E-state index in [0.717, 1.165) is 5.56 Å². The average Bonchev–Trinajstić information content (AvgIpc) is 2.52. The van der Waals surface area contributed by atoms with E-state index in [1.165, 1.54) is 0 Å². The molecule has 0 aliphatic carbocycles. The van der Waals surface area contributed by atoms with Crippen LogP contribution >= 0.6 is 0 Å². The maximum Gasteiger partial charge on any atom is 0.164 e. The lowest BCUT2D eigenvalue weighted by Gasteiger charge is -1.95. The van der Waals surface area contributed by atoms with Crippen molar-refractivity contribution in [3.63, 3.8) is 0 Å². The van der Waals surface area contributed by atoms with Crippen molar-refractivity contribution >= 4 is 5.82 Å². The lowest BCUT2D eigenvalue weighted by atomic mass is 10.3. The van der Waals surface area contributed by atoms with E-state index in [1.54, 1.807) is 23.1 Å². The molecule has 0 aliphatic heterocycles. The van der Waals surface area contributed by atoms with Gasteiger partial charge in [-0.05, 0) is 6.07 Å². The molecule has 5 heteroatoms. The predicted octanol–water partition coefficient (Wildman–Crippen LogP) is 0.459. The zero-order valence-electron chi connectivity index (χ0n) is 7.18. The quantitative estimate of drug-likeness (QED) is 0.683. The summed E-state index contributed by atoms with van der Waals surface area (Å²) in [6.45, 7) is 0. The molecular formula is C8H9N5. The van der Waals surface area contributed by atoms with Gasteiger partial charge in [0.2, 0.25) is 0 Å². The van der Waals surface area contributed by atoms with Crippen molar-refractivity contribution in [2.45, 2.75) is 0 Å². The van der Waals surface area contributed by atoms with Crippen LogP contribution in [0.15, 0.2) is 24.7 Å². The van der Waals surface area contributed by atoms with E-state index >= 15 is 0 Å². The molecule has 13 heavy (non-hydrogen) atoms. The van der Waals surface area contributed by atoms with Crippen molar-refractivity contribution in [3.8, 4) is 11.4 Å². The minimum absolute atomic E-state index is 0.467. The number of anilines is 1. The van der Waals surface area contributed by atoms with Crippen LogP contribution in [0.2, 0.25) is 0 Å². The lowest BCUT2D eigenvalue weighted by molar-refractivity contribution is 0.768. The van der Waals surface area contributed by atoms with Crippen LogP contribution in [0.3, 0.4) is 0 Å². The summed E-state index contributed by atoms with van der Waals surface area (Å²) in [5, 5.41) is 4.02. The van der Waals surface area contributed by atoms with E-state index in [2.05, 4.69) is 15.1 Å². The molecule has 0 unspecified atom stereocenters. The molecule has 0 atom stereocenters. The summed E-state index contributed by atoms with van der Waals surface area (Å²) in [7, 11) is 1.84. The first kappa shape index (κ1) is 7.72. The van der Waals surface area contributed by atoms with Crippen LogP contribution in [0.4, 0.5) is 5.82 Å². The smallest absolute Gasteiger partial charge is 0.164 e. The first-order valence-corrected chi connectivity index (χ1v) is 3.83. The summed E-state index contributed by atoms with van der Waals surface area (Å²) in [4.78, 5) is 8.15. The number of nitrogens with zero attached hydrogens (tertiary/aromatic N) is 4. The molecule has 0 spiro atoms. The van der Waals surface area contributed by atoms with Gasteiger partial charge in [-0.25, -0.2) is 9.97 Å². The van der Waals surface area contributed by atoms with Crippen molar-refractivity contribution in [2.75, 3.05) is 5.73 Å². The fraction of sp³-hybridized carbons (Fsp3) is 0.125. The summed E-state index contributed by atoms with van der Waals surface area (Å²) in [5.74, 6) is 1.07. The fourth-order valence-electron chi connectivity index (χ4n) is 1.05. The summed E-state index contributed by atoms with van der Waals surface area (Å²) >= 11 is 0. The van der Waals surface area contributed by atoms with Crippen LogP contribution in [0.1, 0.15) is 0 Å². The third-order valence-corrected chi connectivity index (χ3v) is 1.64. The molecule has 0 amide bonds. The van der Waals surface area contributed by atoms with E-state index in [1.807, 2.05) is 13.2 Å². The van der Waals surface area contributed by atoms with Crippen LogP contribution in [0.25, 0.3) is 11.4 Å². The van der Waals surface area contributed by atoms with Crippen LogP contribution in [0.5, 0.6) is 0 Å². The Labute approximate surface area is 75.2 Å². The molecule has 5 nitrogen and oxygen atoms in total. The number of hydrogen-bond donors (Lipinski definition) is 1. The second-order valence-electron chi connectivity index (χ2n) is 2.71. The summed E-state index contributed by atoms with van der Waals surface area (Å²) < 4.78 is 1.70. The third-order valence-electron chi connectivity index (χ3n) is 1.64. The molecule has 2 heterocycles.